The number of hydrogen-bond donors (Lipinski definition) is 2. The van der Waals surface area contributed by atoms with Crippen molar-refractivity contribution in [2.45, 2.75) is 20.3 Å². The molecule has 2 N–H and O–H groups in total. The van der Waals surface area contributed by atoms with E-state index in [-0.39, 0.29) is 5.75 Å². The molecule has 0 amide bonds. The topological polar surface area (TPSA) is 79.6 Å². The van der Waals surface area contributed by atoms with E-state index < -0.39 is 0 Å². The Labute approximate surface area is 172 Å². The summed E-state index contributed by atoms with van der Waals surface area (Å²) in [6, 6.07) is 14.7. The summed E-state index contributed by atoms with van der Waals surface area (Å²) in [5.74, 6) is 1.93. The molecule has 0 saturated heterocycles. The van der Waals surface area contributed by atoms with Gasteiger partial charge in [-0.05, 0) is 37.6 Å². The molecule has 0 fully saturated rings. The summed E-state index contributed by atoms with van der Waals surface area (Å²) in [7, 11) is 0. The number of rotatable bonds is 7. The Kier molecular flexibility index (Phi) is 6.60. The third kappa shape index (κ3) is 5.29. The number of aryl methyl sites for hydroxylation is 1. The van der Waals surface area contributed by atoms with Crippen molar-refractivity contribution in [1.82, 2.24) is 9.97 Å². The molecule has 0 bridgehead atoms. The molecule has 3 aromatic rings. The summed E-state index contributed by atoms with van der Waals surface area (Å²) in [6.45, 7) is 4.55. The van der Waals surface area contributed by atoms with Crippen LogP contribution in [0.25, 0.3) is 11.4 Å². The third-order valence-corrected chi connectivity index (χ3v) is 4.34. The van der Waals surface area contributed by atoms with Gasteiger partial charge in [0, 0.05) is 33.4 Å². The highest BCUT2D eigenvalue weighted by molar-refractivity contribution is 9.10. The fraction of sp³-hybridized carbons (Fsp3) is 0.190. The number of halogens is 1. The molecule has 2 aromatic carbocycles. The Morgan fingerprint density at radius 2 is 1.93 bits per heavy atom. The second-order valence-electron chi connectivity index (χ2n) is 6.16. The quantitative estimate of drug-likeness (QED) is 0.391. The number of nitrogens with zero attached hydrogens (tertiary/aromatic N) is 3. The minimum Gasteiger partial charge on any atom is -0.507 e. The summed E-state index contributed by atoms with van der Waals surface area (Å²) in [5.41, 5.74) is 5.22. The molecule has 0 aliphatic rings. The van der Waals surface area contributed by atoms with E-state index in [4.69, 9.17) is 4.74 Å². The Balaban J connectivity index is 1.73. The first-order valence-electron chi connectivity index (χ1n) is 8.91. The number of aromatic hydroxyl groups is 1. The molecule has 7 heteroatoms. The summed E-state index contributed by atoms with van der Waals surface area (Å²) >= 11 is 3.43. The lowest BCUT2D eigenvalue weighted by atomic mass is 10.2. The van der Waals surface area contributed by atoms with Gasteiger partial charge in [-0.15, -0.1) is 0 Å². The van der Waals surface area contributed by atoms with Crippen LogP contribution in [-0.2, 0) is 0 Å². The Morgan fingerprint density at radius 3 is 2.64 bits per heavy atom. The number of phenolic OH excluding ortho intramolecular Hbond substituents is 1. The van der Waals surface area contributed by atoms with Gasteiger partial charge in [-0.3, -0.25) is 5.43 Å². The van der Waals surface area contributed by atoms with E-state index in [1.54, 1.807) is 24.3 Å². The van der Waals surface area contributed by atoms with Crippen molar-refractivity contribution in [3.05, 3.63) is 64.3 Å². The van der Waals surface area contributed by atoms with Gasteiger partial charge in [-0.1, -0.05) is 35.0 Å². The highest BCUT2D eigenvalue weighted by Gasteiger charge is 2.05. The second-order valence-corrected chi connectivity index (χ2v) is 7.08. The number of aromatic nitrogens is 2. The average molecular weight is 441 g/mol. The van der Waals surface area contributed by atoms with Gasteiger partial charge in [-0.2, -0.15) is 5.10 Å². The minimum atomic E-state index is 0.105. The van der Waals surface area contributed by atoms with Crippen LogP contribution in [-0.4, -0.2) is 27.9 Å². The summed E-state index contributed by atoms with van der Waals surface area (Å²) in [4.78, 5) is 8.98. The molecule has 0 saturated carbocycles. The minimum absolute atomic E-state index is 0.105. The van der Waals surface area contributed by atoms with Gasteiger partial charge in [0.15, 0.2) is 11.6 Å². The largest absolute Gasteiger partial charge is 0.507 e. The van der Waals surface area contributed by atoms with Crippen molar-refractivity contribution in [2.24, 2.45) is 5.10 Å². The molecular weight excluding hydrogens is 420 g/mol. The summed E-state index contributed by atoms with van der Waals surface area (Å²) in [5, 5.41) is 14.3. The monoisotopic (exact) mass is 440 g/mol. The molecule has 0 aliphatic heterocycles. The zero-order chi connectivity index (χ0) is 19.9. The van der Waals surface area contributed by atoms with E-state index in [2.05, 4.69) is 36.4 Å². The first-order valence-corrected chi connectivity index (χ1v) is 9.71. The molecular formula is C21H21BrN4O2. The molecule has 0 atom stereocenters. The molecule has 3 rings (SSSR count). The highest BCUT2D eigenvalue weighted by atomic mass is 79.9. The zero-order valence-electron chi connectivity index (χ0n) is 15.7. The lowest BCUT2D eigenvalue weighted by Crippen LogP contribution is -1.99. The lowest BCUT2D eigenvalue weighted by molar-refractivity contribution is 0.315. The van der Waals surface area contributed by atoms with E-state index >= 15 is 0 Å². The standard InChI is InChI=1S/C21H21BrN4O2/c1-3-10-28-18-9-6-16(19(27)12-18)13-23-26-20-11-14(2)24-21(25-20)15-4-7-17(22)8-5-15/h4-9,11-13,27H,3,10H2,1-2H3,(H,24,25,26). The van der Waals surface area contributed by atoms with Gasteiger partial charge < -0.3 is 9.84 Å². The van der Waals surface area contributed by atoms with Gasteiger partial charge in [0.2, 0.25) is 0 Å². The van der Waals surface area contributed by atoms with Crippen LogP contribution in [0.1, 0.15) is 24.6 Å². The van der Waals surface area contributed by atoms with E-state index in [1.807, 2.05) is 38.1 Å². The van der Waals surface area contributed by atoms with Gasteiger partial charge in [0.25, 0.3) is 0 Å². The molecule has 28 heavy (non-hydrogen) atoms. The van der Waals surface area contributed by atoms with Gasteiger partial charge in [-0.25, -0.2) is 9.97 Å². The summed E-state index contributed by atoms with van der Waals surface area (Å²) < 4.78 is 6.50. The van der Waals surface area contributed by atoms with Crippen LogP contribution in [0.15, 0.2) is 58.1 Å². The molecule has 144 valence electrons. The van der Waals surface area contributed by atoms with E-state index in [9.17, 15) is 5.11 Å². The fourth-order valence-electron chi connectivity index (χ4n) is 2.46. The first kappa shape index (κ1) is 19.8. The van der Waals surface area contributed by atoms with Crippen LogP contribution in [0, 0.1) is 6.92 Å². The van der Waals surface area contributed by atoms with Crippen LogP contribution in [0.2, 0.25) is 0 Å². The number of benzene rings is 2. The van der Waals surface area contributed by atoms with Crippen LogP contribution in [0.5, 0.6) is 11.5 Å². The predicted molar refractivity (Wildman–Crippen MR) is 115 cm³/mol. The van der Waals surface area contributed by atoms with E-state index in [0.29, 0.717) is 29.6 Å². The molecule has 0 spiro atoms. The molecule has 6 nitrogen and oxygen atoms in total. The summed E-state index contributed by atoms with van der Waals surface area (Å²) in [6.07, 6.45) is 2.45. The first-order chi connectivity index (χ1) is 13.5. The van der Waals surface area contributed by atoms with Crippen LogP contribution < -0.4 is 10.2 Å². The van der Waals surface area contributed by atoms with Crippen molar-refractivity contribution in [3.8, 4) is 22.9 Å². The van der Waals surface area contributed by atoms with Crippen LogP contribution in [0.4, 0.5) is 5.82 Å². The number of nitrogens with one attached hydrogen (secondary N) is 1. The smallest absolute Gasteiger partial charge is 0.161 e. The molecule has 1 heterocycles. The van der Waals surface area contributed by atoms with Crippen LogP contribution >= 0.6 is 15.9 Å². The molecule has 0 radical (unpaired) electrons. The SMILES string of the molecule is CCCOc1ccc(C=NNc2cc(C)nc(-c3ccc(Br)cc3)n2)c(O)c1. The average Bonchev–Trinajstić information content (AvgIpc) is 2.68. The van der Waals surface area contributed by atoms with Crippen molar-refractivity contribution < 1.29 is 9.84 Å². The van der Waals surface area contributed by atoms with E-state index in [1.165, 1.54) is 6.21 Å². The number of hydrazone groups is 1. The number of anilines is 1. The Hall–Kier alpha value is -2.93. The molecule has 0 unspecified atom stereocenters. The maximum Gasteiger partial charge on any atom is 0.161 e. The lowest BCUT2D eigenvalue weighted by Gasteiger charge is -2.07. The van der Waals surface area contributed by atoms with Crippen molar-refractivity contribution in [1.29, 1.82) is 0 Å². The maximum atomic E-state index is 10.1. The van der Waals surface area contributed by atoms with Gasteiger partial charge in [0.1, 0.15) is 11.5 Å². The van der Waals surface area contributed by atoms with Crippen LogP contribution in [0.3, 0.4) is 0 Å². The Bertz CT molecular complexity index is 975. The number of phenols is 1. The number of ether oxygens (including phenoxy) is 1. The molecule has 1 aromatic heterocycles. The fourth-order valence-corrected chi connectivity index (χ4v) is 2.73. The predicted octanol–water partition coefficient (Wildman–Crippen LogP) is 5.15. The maximum absolute atomic E-state index is 10.1. The second kappa shape index (κ2) is 9.32. The zero-order valence-corrected chi connectivity index (χ0v) is 17.3. The molecule has 0 aliphatic carbocycles. The number of hydrogen-bond acceptors (Lipinski definition) is 6. The normalized spacial score (nSPS) is 11.0. The van der Waals surface area contributed by atoms with Gasteiger partial charge >= 0.3 is 0 Å². The Morgan fingerprint density at radius 1 is 1.14 bits per heavy atom. The highest BCUT2D eigenvalue weighted by Crippen LogP contribution is 2.23. The van der Waals surface area contributed by atoms with Crippen molar-refractivity contribution in [3.63, 3.8) is 0 Å². The van der Waals surface area contributed by atoms with E-state index in [0.717, 1.165) is 22.2 Å². The van der Waals surface area contributed by atoms with Gasteiger partial charge in [0.05, 0.1) is 12.8 Å². The van der Waals surface area contributed by atoms with Crippen molar-refractivity contribution in [2.75, 3.05) is 12.0 Å². The van der Waals surface area contributed by atoms with Crippen molar-refractivity contribution >= 4 is 28.0 Å². The third-order valence-electron chi connectivity index (χ3n) is 3.81.